The summed E-state index contributed by atoms with van der Waals surface area (Å²) in [4.78, 5) is 14.5. The lowest BCUT2D eigenvalue weighted by Crippen LogP contribution is -2.41. The average molecular weight is 307 g/mol. The van der Waals surface area contributed by atoms with Crippen molar-refractivity contribution in [3.8, 4) is 0 Å². The van der Waals surface area contributed by atoms with Crippen LogP contribution >= 0.6 is 0 Å². The molecular formula is C15H25N5O2. The van der Waals surface area contributed by atoms with Gasteiger partial charge in [0, 0.05) is 32.4 Å². The van der Waals surface area contributed by atoms with Crippen molar-refractivity contribution < 1.29 is 9.53 Å². The van der Waals surface area contributed by atoms with Crippen molar-refractivity contribution in [2.24, 2.45) is 0 Å². The number of ether oxygens (including phenoxy) is 1. The summed E-state index contributed by atoms with van der Waals surface area (Å²) in [6, 6.07) is 0.400. The molecule has 1 aromatic rings. The molecule has 1 amide bonds. The van der Waals surface area contributed by atoms with Gasteiger partial charge in [-0.25, -0.2) is 0 Å². The molecule has 7 nitrogen and oxygen atoms in total. The highest BCUT2D eigenvalue weighted by molar-refractivity contribution is 5.96. The number of rotatable bonds is 5. The number of morpholine rings is 1. The molecule has 1 saturated heterocycles. The summed E-state index contributed by atoms with van der Waals surface area (Å²) in [5.41, 5.74) is 6.78. The summed E-state index contributed by atoms with van der Waals surface area (Å²) in [7, 11) is 0. The number of nitrogens with two attached hydrogens (primary N) is 1. The van der Waals surface area contributed by atoms with E-state index < -0.39 is 0 Å². The number of hydrogen-bond acceptors (Lipinski definition) is 5. The Bertz CT molecular complexity index is 504. The Labute approximate surface area is 130 Å². The second-order valence-corrected chi connectivity index (χ2v) is 6.06. The van der Waals surface area contributed by atoms with E-state index >= 15 is 0 Å². The topological polar surface area (TPSA) is 85.4 Å². The number of amides is 1. The second-order valence-electron chi connectivity index (χ2n) is 6.06. The molecule has 1 saturated carbocycles. The number of nitrogen functional groups attached to an aromatic ring is 1. The first-order chi connectivity index (χ1) is 10.7. The Balaban J connectivity index is 1.50. The van der Waals surface area contributed by atoms with Crippen LogP contribution in [0.25, 0.3) is 0 Å². The largest absolute Gasteiger partial charge is 0.396 e. The van der Waals surface area contributed by atoms with Gasteiger partial charge in [-0.3, -0.25) is 14.4 Å². The average Bonchev–Trinajstić information content (AvgIpc) is 3.17. The standard InChI is InChI=1S/C15H25N5O2/c16-13-11-20(12-3-1-2-4-12)18-14(13)15(21)17-5-6-19-7-9-22-10-8-19/h11-12H,1-10,16H2,(H,17,21). The van der Waals surface area contributed by atoms with Crippen LogP contribution in [0.2, 0.25) is 0 Å². The molecule has 0 unspecified atom stereocenters. The summed E-state index contributed by atoms with van der Waals surface area (Å²) in [5, 5.41) is 7.32. The Morgan fingerprint density at radius 2 is 2.09 bits per heavy atom. The van der Waals surface area contributed by atoms with Crippen molar-refractivity contribution in [3.05, 3.63) is 11.9 Å². The summed E-state index contributed by atoms with van der Waals surface area (Å²) in [6.45, 7) is 4.83. The van der Waals surface area contributed by atoms with E-state index in [0.29, 0.717) is 24.0 Å². The summed E-state index contributed by atoms with van der Waals surface area (Å²) in [6.07, 6.45) is 6.50. The predicted molar refractivity (Wildman–Crippen MR) is 83.7 cm³/mol. The molecule has 0 radical (unpaired) electrons. The van der Waals surface area contributed by atoms with Crippen molar-refractivity contribution >= 4 is 11.6 Å². The lowest BCUT2D eigenvalue weighted by atomic mass is 10.3. The molecule has 1 aromatic heterocycles. The minimum atomic E-state index is -0.178. The normalized spacial score (nSPS) is 20.4. The zero-order valence-corrected chi connectivity index (χ0v) is 13.0. The first-order valence-electron chi connectivity index (χ1n) is 8.17. The number of nitrogens with one attached hydrogen (secondary N) is 1. The van der Waals surface area contributed by atoms with Crippen LogP contribution in [0.1, 0.15) is 42.2 Å². The number of carbonyl (C=O) groups is 1. The molecule has 0 atom stereocenters. The Kier molecular flexibility index (Phi) is 4.94. The van der Waals surface area contributed by atoms with Gasteiger partial charge in [0.1, 0.15) is 0 Å². The van der Waals surface area contributed by atoms with Gasteiger partial charge in [-0.05, 0) is 12.8 Å². The first-order valence-corrected chi connectivity index (χ1v) is 8.17. The molecule has 2 heterocycles. The third kappa shape index (κ3) is 3.59. The maximum absolute atomic E-state index is 12.2. The zero-order valence-electron chi connectivity index (χ0n) is 13.0. The summed E-state index contributed by atoms with van der Waals surface area (Å²) >= 11 is 0. The molecule has 2 aliphatic rings. The van der Waals surface area contributed by atoms with Gasteiger partial charge in [0.2, 0.25) is 0 Å². The van der Waals surface area contributed by atoms with E-state index in [1.54, 1.807) is 6.20 Å². The van der Waals surface area contributed by atoms with E-state index in [1.165, 1.54) is 12.8 Å². The van der Waals surface area contributed by atoms with Crippen LogP contribution in [0.15, 0.2) is 6.20 Å². The van der Waals surface area contributed by atoms with Crippen LogP contribution in [0, 0.1) is 0 Å². The Hall–Kier alpha value is -1.60. The molecule has 0 aromatic carbocycles. The third-order valence-electron chi connectivity index (χ3n) is 4.49. The van der Waals surface area contributed by atoms with Gasteiger partial charge in [-0.15, -0.1) is 0 Å². The zero-order chi connectivity index (χ0) is 15.4. The predicted octanol–water partition coefficient (Wildman–Crippen LogP) is 0.642. The van der Waals surface area contributed by atoms with Crippen molar-refractivity contribution in [1.29, 1.82) is 0 Å². The lowest BCUT2D eigenvalue weighted by molar-refractivity contribution is 0.0383. The maximum atomic E-state index is 12.2. The molecule has 1 aliphatic heterocycles. The molecule has 7 heteroatoms. The Morgan fingerprint density at radius 3 is 2.82 bits per heavy atom. The number of aromatic nitrogens is 2. The van der Waals surface area contributed by atoms with Crippen molar-refractivity contribution in [3.63, 3.8) is 0 Å². The highest BCUT2D eigenvalue weighted by atomic mass is 16.5. The molecule has 3 N–H and O–H groups in total. The van der Waals surface area contributed by atoms with E-state index in [1.807, 2.05) is 4.68 Å². The molecule has 3 rings (SSSR count). The van der Waals surface area contributed by atoms with Crippen LogP contribution in [0.3, 0.4) is 0 Å². The summed E-state index contributed by atoms with van der Waals surface area (Å²) in [5.74, 6) is -0.178. The quantitative estimate of drug-likeness (QED) is 0.834. The number of anilines is 1. The first kappa shape index (κ1) is 15.3. The second kappa shape index (κ2) is 7.11. The minimum absolute atomic E-state index is 0.178. The fourth-order valence-electron chi connectivity index (χ4n) is 3.17. The van der Waals surface area contributed by atoms with Gasteiger partial charge in [0.05, 0.1) is 24.9 Å². The molecule has 0 spiro atoms. The number of nitrogens with zero attached hydrogens (tertiary/aromatic N) is 3. The fourth-order valence-corrected chi connectivity index (χ4v) is 3.17. The van der Waals surface area contributed by atoms with Gasteiger partial charge in [0.15, 0.2) is 5.69 Å². The van der Waals surface area contributed by atoms with Crippen LogP contribution in [-0.4, -0.2) is 60.0 Å². The minimum Gasteiger partial charge on any atom is -0.396 e. The van der Waals surface area contributed by atoms with Crippen LogP contribution < -0.4 is 11.1 Å². The van der Waals surface area contributed by atoms with Crippen LogP contribution in [0.4, 0.5) is 5.69 Å². The monoisotopic (exact) mass is 307 g/mol. The van der Waals surface area contributed by atoms with Gasteiger partial charge >= 0.3 is 0 Å². The highest BCUT2D eigenvalue weighted by Gasteiger charge is 2.21. The summed E-state index contributed by atoms with van der Waals surface area (Å²) < 4.78 is 7.18. The number of carbonyl (C=O) groups excluding carboxylic acids is 1. The fraction of sp³-hybridized carbons (Fsp3) is 0.733. The van der Waals surface area contributed by atoms with E-state index in [-0.39, 0.29) is 5.91 Å². The molecule has 22 heavy (non-hydrogen) atoms. The van der Waals surface area contributed by atoms with Crippen LogP contribution in [-0.2, 0) is 4.74 Å². The smallest absolute Gasteiger partial charge is 0.273 e. The Morgan fingerprint density at radius 1 is 1.36 bits per heavy atom. The molecule has 1 aliphatic carbocycles. The van der Waals surface area contributed by atoms with Crippen LogP contribution in [0.5, 0.6) is 0 Å². The third-order valence-corrected chi connectivity index (χ3v) is 4.49. The lowest BCUT2D eigenvalue weighted by Gasteiger charge is -2.26. The van der Waals surface area contributed by atoms with Crippen molar-refractivity contribution in [1.82, 2.24) is 20.0 Å². The molecule has 2 fully saturated rings. The highest BCUT2D eigenvalue weighted by Crippen LogP contribution is 2.29. The van der Waals surface area contributed by atoms with E-state index in [2.05, 4.69) is 15.3 Å². The van der Waals surface area contributed by atoms with Crippen molar-refractivity contribution in [2.75, 3.05) is 45.1 Å². The van der Waals surface area contributed by atoms with E-state index in [9.17, 15) is 4.79 Å². The maximum Gasteiger partial charge on any atom is 0.273 e. The van der Waals surface area contributed by atoms with E-state index in [4.69, 9.17) is 10.5 Å². The SMILES string of the molecule is Nc1cn(C2CCCC2)nc1C(=O)NCCN1CCOCC1. The molecular weight excluding hydrogens is 282 g/mol. The van der Waals surface area contributed by atoms with Gasteiger partial charge in [-0.1, -0.05) is 12.8 Å². The van der Waals surface area contributed by atoms with Gasteiger partial charge in [0.25, 0.3) is 5.91 Å². The van der Waals surface area contributed by atoms with Gasteiger partial charge < -0.3 is 15.8 Å². The van der Waals surface area contributed by atoms with Gasteiger partial charge in [-0.2, -0.15) is 5.10 Å². The van der Waals surface area contributed by atoms with Crippen molar-refractivity contribution in [2.45, 2.75) is 31.7 Å². The molecule has 0 bridgehead atoms. The van der Waals surface area contributed by atoms with E-state index in [0.717, 1.165) is 45.7 Å². The number of hydrogen-bond donors (Lipinski definition) is 2. The molecule has 122 valence electrons.